The Labute approximate surface area is 218 Å². The number of esters is 1. The third-order valence-corrected chi connectivity index (χ3v) is 7.15. The fraction of sp³-hybridized carbons (Fsp3) is 0.531. The Morgan fingerprint density at radius 3 is 1.89 bits per heavy atom. The van der Waals surface area contributed by atoms with Crippen LogP contribution in [0.2, 0.25) is 0 Å². The van der Waals surface area contributed by atoms with Crippen molar-refractivity contribution >= 4 is 5.97 Å². The number of ether oxygens (including phenoxy) is 3. The highest BCUT2D eigenvalue weighted by Crippen LogP contribution is 2.34. The topological polar surface area (TPSA) is 44.8 Å². The van der Waals surface area contributed by atoms with Gasteiger partial charge in [0.15, 0.2) is 0 Å². The lowest BCUT2D eigenvalue weighted by Crippen LogP contribution is -2.15. The zero-order chi connectivity index (χ0) is 25.4. The third kappa shape index (κ3) is 10.1. The van der Waals surface area contributed by atoms with Crippen molar-refractivity contribution in [2.24, 2.45) is 11.8 Å². The Hall–Kier alpha value is -2.75. The molecule has 1 saturated carbocycles. The summed E-state index contributed by atoms with van der Waals surface area (Å²) >= 11 is 0. The third-order valence-electron chi connectivity index (χ3n) is 7.15. The van der Waals surface area contributed by atoms with Crippen LogP contribution in [0.4, 0.5) is 0 Å². The fourth-order valence-corrected chi connectivity index (χ4v) is 4.93. The molecule has 0 amide bonds. The fourth-order valence-electron chi connectivity index (χ4n) is 4.93. The summed E-state index contributed by atoms with van der Waals surface area (Å²) < 4.78 is 17.1. The zero-order valence-electron chi connectivity index (χ0n) is 22.1. The second-order valence-electron chi connectivity index (χ2n) is 10.0. The summed E-state index contributed by atoms with van der Waals surface area (Å²) in [5.41, 5.74) is 0.490. The number of allylic oxidation sites excluding steroid dienone is 1. The number of hydrogen-bond donors (Lipinski definition) is 0. The smallest absolute Gasteiger partial charge is 0.343 e. The number of hydrogen-bond acceptors (Lipinski definition) is 4. The van der Waals surface area contributed by atoms with Crippen molar-refractivity contribution in [3.63, 3.8) is 0 Å². The minimum absolute atomic E-state index is 0.387. The van der Waals surface area contributed by atoms with E-state index >= 15 is 0 Å². The Morgan fingerprint density at radius 1 is 0.778 bits per heavy atom. The lowest BCUT2D eigenvalue weighted by atomic mass is 9.78. The van der Waals surface area contributed by atoms with Crippen LogP contribution in [-0.4, -0.2) is 19.2 Å². The molecule has 0 heterocycles. The van der Waals surface area contributed by atoms with Gasteiger partial charge in [0.1, 0.15) is 17.2 Å². The van der Waals surface area contributed by atoms with E-state index < -0.39 is 0 Å². The van der Waals surface area contributed by atoms with Gasteiger partial charge in [0.2, 0.25) is 0 Å². The number of benzene rings is 2. The van der Waals surface area contributed by atoms with E-state index in [2.05, 4.69) is 13.5 Å². The molecule has 4 nitrogen and oxygen atoms in total. The molecule has 0 bridgehead atoms. The van der Waals surface area contributed by atoms with Crippen molar-refractivity contribution < 1.29 is 19.0 Å². The predicted octanol–water partition coefficient (Wildman–Crippen LogP) is 8.80. The van der Waals surface area contributed by atoms with Gasteiger partial charge in [-0.15, -0.1) is 6.58 Å². The Balaban J connectivity index is 1.31. The first kappa shape index (κ1) is 27.8. The summed E-state index contributed by atoms with van der Waals surface area (Å²) in [6.07, 6.45) is 17.3. The van der Waals surface area contributed by atoms with Crippen molar-refractivity contribution in [3.8, 4) is 17.2 Å². The van der Waals surface area contributed by atoms with Crippen molar-refractivity contribution in [2.45, 2.75) is 84.0 Å². The lowest BCUT2D eigenvalue weighted by Gasteiger charge is -2.28. The van der Waals surface area contributed by atoms with Gasteiger partial charge in [-0.1, -0.05) is 64.4 Å². The number of carbonyl (C=O) groups is 1. The zero-order valence-corrected chi connectivity index (χ0v) is 22.1. The van der Waals surface area contributed by atoms with Crippen molar-refractivity contribution in [2.75, 3.05) is 13.2 Å². The highest BCUT2D eigenvalue weighted by Gasteiger charge is 2.20. The maximum Gasteiger partial charge on any atom is 0.343 e. The molecule has 0 aromatic heterocycles. The first-order chi connectivity index (χ1) is 17.7. The molecule has 196 valence electrons. The number of carbonyl (C=O) groups excluding carboxylic acids is 1. The van der Waals surface area contributed by atoms with Gasteiger partial charge in [-0.3, -0.25) is 0 Å². The van der Waals surface area contributed by atoms with Crippen LogP contribution in [0.15, 0.2) is 61.2 Å². The summed E-state index contributed by atoms with van der Waals surface area (Å²) in [5.74, 6) is 3.52. The molecule has 2 aromatic carbocycles. The average Bonchev–Trinajstić information content (AvgIpc) is 2.91. The standard InChI is InChI=1S/C32H44O4/c1-3-5-7-10-26-12-14-27(15-13-26)11-9-25-35-30-20-22-31(23-21-30)36-32(33)28-16-18-29(19-17-28)34-24-8-6-4-2/h4,16-23,26-27H,2-3,5-15,24-25H2,1H3. The van der Waals surface area contributed by atoms with Gasteiger partial charge in [-0.2, -0.15) is 0 Å². The maximum atomic E-state index is 12.5. The largest absolute Gasteiger partial charge is 0.494 e. The van der Waals surface area contributed by atoms with E-state index in [9.17, 15) is 4.79 Å². The molecular weight excluding hydrogens is 448 g/mol. The van der Waals surface area contributed by atoms with Gasteiger partial charge in [0.05, 0.1) is 18.8 Å². The Bertz CT molecular complexity index is 879. The molecule has 0 unspecified atom stereocenters. The maximum absolute atomic E-state index is 12.5. The van der Waals surface area contributed by atoms with Gasteiger partial charge in [0.25, 0.3) is 0 Å². The van der Waals surface area contributed by atoms with Crippen molar-refractivity contribution in [1.82, 2.24) is 0 Å². The van der Waals surface area contributed by atoms with E-state index in [-0.39, 0.29) is 5.97 Å². The van der Waals surface area contributed by atoms with E-state index in [1.165, 1.54) is 57.8 Å². The second kappa shape index (κ2) is 16.1. The molecular formula is C32H44O4. The van der Waals surface area contributed by atoms with E-state index in [0.29, 0.717) is 17.9 Å². The Morgan fingerprint density at radius 2 is 1.31 bits per heavy atom. The van der Waals surface area contributed by atoms with Crippen LogP contribution in [0.5, 0.6) is 17.2 Å². The van der Waals surface area contributed by atoms with Crippen LogP contribution in [-0.2, 0) is 0 Å². The molecule has 0 saturated heterocycles. The minimum Gasteiger partial charge on any atom is -0.494 e. The molecule has 36 heavy (non-hydrogen) atoms. The lowest BCUT2D eigenvalue weighted by molar-refractivity contribution is 0.0734. The van der Waals surface area contributed by atoms with Crippen LogP contribution in [0.1, 0.15) is 94.3 Å². The van der Waals surface area contributed by atoms with Crippen LogP contribution in [0.3, 0.4) is 0 Å². The predicted molar refractivity (Wildman–Crippen MR) is 147 cm³/mol. The summed E-state index contributed by atoms with van der Waals surface area (Å²) in [6.45, 7) is 7.35. The van der Waals surface area contributed by atoms with E-state index in [1.807, 2.05) is 18.2 Å². The quantitative estimate of drug-likeness (QED) is 0.102. The Kier molecular flexibility index (Phi) is 12.4. The molecule has 1 fully saturated rings. The highest BCUT2D eigenvalue weighted by molar-refractivity contribution is 5.91. The molecule has 0 radical (unpaired) electrons. The van der Waals surface area contributed by atoms with Crippen LogP contribution in [0.25, 0.3) is 0 Å². The first-order valence-electron chi connectivity index (χ1n) is 14.0. The van der Waals surface area contributed by atoms with Gasteiger partial charge in [-0.25, -0.2) is 4.79 Å². The van der Waals surface area contributed by atoms with Crippen molar-refractivity contribution in [1.29, 1.82) is 0 Å². The van der Waals surface area contributed by atoms with Gasteiger partial charge < -0.3 is 14.2 Å². The van der Waals surface area contributed by atoms with Gasteiger partial charge in [0, 0.05) is 0 Å². The van der Waals surface area contributed by atoms with E-state index in [4.69, 9.17) is 14.2 Å². The summed E-state index contributed by atoms with van der Waals surface area (Å²) in [7, 11) is 0. The molecule has 2 aromatic rings. The average molecular weight is 493 g/mol. The molecule has 3 rings (SSSR count). The van der Waals surface area contributed by atoms with E-state index in [1.54, 1.807) is 36.4 Å². The SMILES string of the molecule is C=CCCCOc1ccc(C(=O)Oc2ccc(OCCCC3CCC(CCCCC)CC3)cc2)cc1. The molecule has 0 spiro atoms. The number of rotatable bonds is 16. The molecule has 0 N–H and O–H groups in total. The van der Waals surface area contributed by atoms with Crippen LogP contribution < -0.4 is 14.2 Å². The molecule has 0 aliphatic heterocycles. The van der Waals surface area contributed by atoms with Gasteiger partial charge >= 0.3 is 5.97 Å². The highest BCUT2D eigenvalue weighted by atomic mass is 16.5. The first-order valence-corrected chi connectivity index (χ1v) is 14.0. The minimum atomic E-state index is -0.387. The summed E-state index contributed by atoms with van der Waals surface area (Å²) in [6, 6.07) is 14.3. The summed E-state index contributed by atoms with van der Waals surface area (Å²) in [4.78, 5) is 12.5. The number of unbranched alkanes of at least 4 members (excludes halogenated alkanes) is 3. The van der Waals surface area contributed by atoms with Gasteiger partial charge in [-0.05, 0) is 86.1 Å². The molecule has 4 heteroatoms. The second-order valence-corrected chi connectivity index (χ2v) is 10.0. The summed E-state index contributed by atoms with van der Waals surface area (Å²) in [5, 5.41) is 0. The normalized spacial score (nSPS) is 17.4. The molecule has 0 atom stereocenters. The molecule has 1 aliphatic carbocycles. The monoisotopic (exact) mass is 492 g/mol. The van der Waals surface area contributed by atoms with E-state index in [0.717, 1.165) is 49.2 Å². The van der Waals surface area contributed by atoms with Crippen LogP contribution >= 0.6 is 0 Å². The molecule has 1 aliphatic rings. The van der Waals surface area contributed by atoms with Crippen LogP contribution in [0, 0.1) is 11.8 Å². The van der Waals surface area contributed by atoms with Crippen molar-refractivity contribution in [3.05, 3.63) is 66.7 Å².